The number of benzene rings is 1. The molecule has 6 nitrogen and oxygen atoms in total. The molecule has 0 saturated carbocycles. The van der Waals surface area contributed by atoms with E-state index in [9.17, 15) is 4.79 Å². The van der Waals surface area contributed by atoms with Crippen LogP contribution in [0.2, 0.25) is 0 Å². The number of thiazole rings is 1. The number of ether oxygens (including phenoxy) is 1. The summed E-state index contributed by atoms with van der Waals surface area (Å²) in [6.07, 6.45) is 0.111. The van der Waals surface area contributed by atoms with Gasteiger partial charge in [0, 0.05) is 21.9 Å². The topological polar surface area (TPSA) is 78.1 Å². The highest BCUT2D eigenvalue weighted by atomic mass is 32.1. The van der Waals surface area contributed by atoms with E-state index in [1.807, 2.05) is 52.5 Å². The molecule has 4 aromatic rings. The fourth-order valence-electron chi connectivity index (χ4n) is 2.26. The molecule has 3 aromatic heterocycles. The van der Waals surface area contributed by atoms with Crippen LogP contribution >= 0.6 is 22.7 Å². The molecule has 0 fully saturated rings. The first-order valence-corrected chi connectivity index (χ1v) is 9.60. The van der Waals surface area contributed by atoms with Crippen LogP contribution in [0.15, 0.2) is 57.0 Å². The van der Waals surface area contributed by atoms with Crippen molar-refractivity contribution in [3.63, 3.8) is 0 Å². The third-order valence-corrected chi connectivity index (χ3v) is 5.11. The Morgan fingerprint density at radius 3 is 2.77 bits per heavy atom. The van der Waals surface area contributed by atoms with E-state index in [1.54, 1.807) is 11.3 Å². The second-order valence-electron chi connectivity index (χ2n) is 5.36. The highest BCUT2D eigenvalue weighted by Crippen LogP contribution is 2.26. The van der Waals surface area contributed by atoms with Crippen molar-refractivity contribution in [3.05, 3.63) is 64.1 Å². The van der Waals surface area contributed by atoms with Crippen LogP contribution in [0.1, 0.15) is 11.6 Å². The second kappa shape index (κ2) is 7.59. The number of thiophene rings is 1. The van der Waals surface area contributed by atoms with Crippen molar-refractivity contribution in [2.24, 2.45) is 0 Å². The van der Waals surface area contributed by atoms with E-state index < -0.39 is 0 Å². The molecule has 0 saturated heterocycles. The molecule has 0 bridgehead atoms. The van der Waals surface area contributed by atoms with Gasteiger partial charge in [-0.3, -0.25) is 4.79 Å². The third-order valence-electron chi connectivity index (χ3n) is 3.49. The van der Waals surface area contributed by atoms with Crippen molar-refractivity contribution < 1.29 is 13.9 Å². The van der Waals surface area contributed by atoms with E-state index in [0.29, 0.717) is 11.6 Å². The van der Waals surface area contributed by atoms with Gasteiger partial charge in [-0.2, -0.15) is 11.3 Å². The second-order valence-corrected chi connectivity index (χ2v) is 7.00. The average Bonchev–Trinajstić information content (AvgIpc) is 3.41. The van der Waals surface area contributed by atoms with Crippen molar-refractivity contribution in [2.45, 2.75) is 13.0 Å². The summed E-state index contributed by atoms with van der Waals surface area (Å²) >= 11 is 3.13. The number of carbonyl (C=O) groups is 1. The minimum atomic E-state index is -0.383. The van der Waals surface area contributed by atoms with E-state index >= 15 is 0 Å². The molecule has 8 heteroatoms. The van der Waals surface area contributed by atoms with Crippen molar-refractivity contribution in [2.75, 3.05) is 0 Å². The normalized spacial score (nSPS) is 10.8. The number of nitrogens with zero attached hydrogens (tertiary/aromatic N) is 3. The Morgan fingerprint density at radius 2 is 1.96 bits per heavy atom. The number of aromatic nitrogens is 3. The van der Waals surface area contributed by atoms with Crippen LogP contribution in [-0.4, -0.2) is 21.2 Å². The van der Waals surface area contributed by atoms with E-state index in [-0.39, 0.29) is 24.9 Å². The lowest BCUT2D eigenvalue weighted by Crippen LogP contribution is -2.08. The van der Waals surface area contributed by atoms with Gasteiger partial charge < -0.3 is 9.15 Å². The van der Waals surface area contributed by atoms with Crippen molar-refractivity contribution >= 4 is 28.6 Å². The predicted molar refractivity (Wildman–Crippen MR) is 98.7 cm³/mol. The molecule has 0 radical (unpaired) electrons. The first kappa shape index (κ1) is 16.6. The standard InChI is InChI=1S/C18H13N3O3S2/c22-16(8-14-11-26-18(19-14)13-6-7-25-10-13)23-9-15-20-21-17(24-15)12-4-2-1-3-5-12/h1-7,10-11H,8-9H2. The molecule has 1 aromatic carbocycles. The van der Waals surface area contributed by atoms with E-state index in [4.69, 9.17) is 9.15 Å². The Hall–Kier alpha value is -2.84. The molecule has 0 atom stereocenters. The zero-order valence-electron chi connectivity index (χ0n) is 13.5. The number of hydrogen-bond donors (Lipinski definition) is 0. The molecule has 4 rings (SSSR count). The summed E-state index contributed by atoms with van der Waals surface area (Å²) < 4.78 is 10.7. The fraction of sp³-hybridized carbons (Fsp3) is 0.111. The van der Waals surface area contributed by atoms with Gasteiger partial charge in [0.1, 0.15) is 5.01 Å². The first-order chi connectivity index (χ1) is 12.8. The summed E-state index contributed by atoms with van der Waals surface area (Å²) in [6.45, 7) is -0.0554. The molecule has 0 amide bonds. The molecule has 0 N–H and O–H groups in total. The maximum atomic E-state index is 12.0. The molecule has 0 unspecified atom stereocenters. The number of esters is 1. The Bertz CT molecular complexity index is 994. The van der Waals surface area contributed by atoms with Gasteiger partial charge in [0.25, 0.3) is 5.89 Å². The smallest absolute Gasteiger partial charge is 0.312 e. The lowest BCUT2D eigenvalue weighted by atomic mass is 10.2. The summed E-state index contributed by atoms with van der Waals surface area (Å²) in [7, 11) is 0. The van der Waals surface area contributed by atoms with Crippen molar-refractivity contribution in [1.82, 2.24) is 15.2 Å². The largest absolute Gasteiger partial charge is 0.455 e. The van der Waals surface area contributed by atoms with Gasteiger partial charge in [0.05, 0.1) is 12.1 Å². The minimum Gasteiger partial charge on any atom is -0.455 e. The Morgan fingerprint density at radius 1 is 1.08 bits per heavy atom. The van der Waals surface area contributed by atoms with Crippen LogP contribution in [0, 0.1) is 0 Å². The maximum absolute atomic E-state index is 12.0. The van der Waals surface area contributed by atoms with E-state index in [2.05, 4.69) is 15.2 Å². The highest BCUT2D eigenvalue weighted by Gasteiger charge is 2.13. The summed E-state index contributed by atoms with van der Waals surface area (Å²) in [5.74, 6) is 0.276. The predicted octanol–water partition coefficient (Wildman–Crippen LogP) is 4.21. The Kier molecular flexibility index (Phi) is 4.85. The SMILES string of the molecule is O=C(Cc1csc(-c2ccsc2)n1)OCc1nnc(-c2ccccc2)o1. The lowest BCUT2D eigenvalue weighted by Gasteiger charge is -2.00. The summed E-state index contributed by atoms with van der Waals surface area (Å²) in [6, 6.07) is 11.4. The Labute approximate surface area is 157 Å². The average molecular weight is 383 g/mol. The first-order valence-electron chi connectivity index (χ1n) is 7.78. The quantitative estimate of drug-likeness (QED) is 0.464. The van der Waals surface area contributed by atoms with E-state index in [1.165, 1.54) is 11.3 Å². The van der Waals surface area contributed by atoms with Gasteiger partial charge >= 0.3 is 5.97 Å². The van der Waals surface area contributed by atoms with Crippen LogP contribution in [0.5, 0.6) is 0 Å². The molecule has 0 spiro atoms. The minimum absolute atomic E-state index is 0.0554. The lowest BCUT2D eigenvalue weighted by molar-refractivity contribution is -0.144. The van der Waals surface area contributed by atoms with Crippen molar-refractivity contribution in [3.8, 4) is 22.0 Å². The van der Waals surface area contributed by atoms with Crippen LogP contribution in [0.4, 0.5) is 0 Å². The monoisotopic (exact) mass is 383 g/mol. The van der Waals surface area contributed by atoms with Gasteiger partial charge in [0.2, 0.25) is 5.89 Å². The zero-order chi connectivity index (χ0) is 17.8. The van der Waals surface area contributed by atoms with Gasteiger partial charge in [-0.1, -0.05) is 18.2 Å². The van der Waals surface area contributed by atoms with Crippen LogP contribution in [-0.2, 0) is 22.6 Å². The van der Waals surface area contributed by atoms with Gasteiger partial charge in [0.15, 0.2) is 6.61 Å². The number of rotatable bonds is 6. The number of carbonyl (C=O) groups excluding carboxylic acids is 1. The summed E-state index contributed by atoms with van der Waals surface area (Å²) in [5.41, 5.74) is 2.58. The van der Waals surface area contributed by atoms with Crippen LogP contribution in [0.25, 0.3) is 22.0 Å². The van der Waals surface area contributed by atoms with Crippen LogP contribution < -0.4 is 0 Å². The highest BCUT2D eigenvalue weighted by molar-refractivity contribution is 7.14. The molecule has 0 aliphatic rings. The molecule has 26 heavy (non-hydrogen) atoms. The summed E-state index contributed by atoms with van der Waals surface area (Å²) in [5, 5.41) is 14.7. The van der Waals surface area contributed by atoms with Gasteiger partial charge in [-0.15, -0.1) is 21.5 Å². The molecular formula is C18H13N3O3S2. The number of hydrogen-bond acceptors (Lipinski definition) is 8. The molecular weight excluding hydrogens is 370 g/mol. The van der Waals surface area contributed by atoms with E-state index in [0.717, 1.165) is 16.1 Å². The van der Waals surface area contributed by atoms with Gasteiger partial charge in [-0.25, -0.2) is 4.98 Å². The van der Waals surface area contributed by atoms with Crippen molar-refractivity contribution in [1.29, 1.82) is 0 Å². The molecule has 0 aliphatic heterocycles. The fourth-order valence-corrected chi connectivity index (χ4v) is 3.79. The van der Waals surface area contributed by atoms with Gasteiger partial charge in [-0.05, 0) is 23.6 Å². The maximum Gasteiger partial charge on any atom is 0.312 e. The molecule has 130 valence electrons. The summed E-state index contributed by atoms with van der Waals surface area (Å²) in [4.78, 5) is 16.5. The zero-order valence-corrected chi connectivity index (χ0v) is 15.1. The van der Waals surface area contributed by atoms with Crippen LogP contribution in [0.3, 0.4) is 0 Å². The molecule has 0 aliphatic carbocycles. The Balaban J connectivity index is 1.32. The third kappa shape index (κ3) is 3.87. The molecule has 3 heterocycles.